The molecule has 2 aromatic carbocycles. The van der Waals surface area contributed by atoms with Crippen LogP contribution in [0.3, 0.4) is 0 Å². The van der Waals surface area contributed by atoms with Gasteiger partial charge in [0.25, 0.3) is 0 Å². The molecule has 4 heteroatoms. The molecule has 2 aromatic rings. The Hall–Kier alpha value is -2.36. The topological polar surface area (TPSA) is 39.7 Å². The fourth-order valence-electron chi connectivity index (χ4n) is 2.80. The Kier molecular flexibility index (Phi) is 9.39. The van der Waals surface area contributed by atoms with Crippen molar-refractivity contribution in [3.8, 4) is 17.2 Å². The number of ether oxygens (including phenoxy) is 3. The van der Waals surface area contributed by atoms with Crippen LogP contribution in [0.2, 0.25) is 0 Å². The van der Waals surface area contributed by atoms with Gasteiger partial charge in [-0.2, -0.15) is 0 Å². The first-order valence-electron chi connectivity index (χ1n) is 9.99. The van der Waals surface area contributed by atoms with Gasteiger partial charge in [0.1, 0.15) is 11.9 Å². The van der Waals surface area contributed by atoms with Crippen molar-refractivity contribution in [3.63, 3.8) is 0 Å². The molecular weight excluding hydrogens is 338 g/mol. The van der Waals surface area contributed by atoms with E-state index in [0.717, 1.165) is 36.0 Å². The number of methoxy groups -OCH3 is 1. The van der Waals surface area contributed by atoms with Crippen molar-refractivity contribution in [2.45, 2.75) is 52.1 Å². The average molecular weight is 372 g/mol. The van der Waals surface area contributed by atoms with E-state index < -0.39 is 0 Å². The van der Waals surface area contributed by atoms with E-state index in [1.807, 2.05) is 55.5 Å². The first-order chi connectivity index (χ1) is 13.2. The minimum Gasteiger partial charge on any atom is -0.494 e. The van der Waals surface area contributed by atoms with Crippen LogP contribution in [0.1, 0.15) is 46.0 Å². The molecule has 148 valence electrons. The van der Waals surface area contributed by atoms with Crippen LogP contribution in [0.25, 0.3) is 0 Å². The molecule has 0 bridgehead atoms. The fraction of sp³-hybridized carbons (Fsp3) is 0.478. The van der Waals surface area contributed by atoms with Gasteiger partial charge < -0.3 is 19.5 Å². The van der Waals surface area contributed by atoms with E-state index in [4.69, 9.17) is 14.2 Å². The zero-order valence-corrected chi connectivity index (χ0v) is 16.9. The molecule has 2 rings (SSSR count). The third-order valence-corrected chi connectivity index (χ3v) is 4.36. The maximum Gasteiger partial charge on any atom is 0.161 e. The minimum absolute atomic E-state index is 0.0142. The number of unbranched alkanes of at least 4 members (excludes halogenated alkanes) is 4. The number of para-hydroxylation sites is 2. The molecule has 0 saturated heterocycles. The summed E-state index contributed by atoms with van der Waals surface area (Å²) in [6.45, 7) is 5.77. The molecule has 0 amide bonds. The molecule has 0 aromatic heterocycles. The van der Waals surface area contributed by atoms with Crippen molar-refractivity contribution in [1.29, 1.82) is 0 Å². The quantitative estimate of drug-likeness (QED) is 0.443. The Labute approximate surface area is 163 Å². The van der Waals surface area contributed by atoms with E-state index in [1.54, 1.807) is 7.11 Å². The summed E-state index contributed by atoms with van der Waals surface area (Å²) in [5, 5.41) is 3.40. The van der Waals surface area contributed by atoms with Crippen LogP contribution >= 0.6 is 0 Å². The average Bonchev–Trinajstić information content (AvgIpc) is 2.70. The van der Waals surface area contributed by atoms with Crippen molar-refractivity contribution >= 4 is 5.69 Å². The van der Waals surface area contributed by atoms with Gasteiger partial charge in [0.2, 0.25) is 0 Å². The van der Waals surface area contributed by atoms with Gasteiger partial charge in [-0.3, -0.25) is 0 Å². The van der Waals surface area contributed by atoms with Crippen molar-refractivity contribution in [2.24, 2.45) is 0 Å². The van der Waals surface area contributed by atoms with Crippen LogP contribution in [0.15, 0.2) is 48.5 Å². The smallest absolute Gasteiger partial charge is 0.161 e. The molecule has 0 aliphatic rings. The Balaban J connectivity index is 1.69. The molecule has 0 heterocycles. The van der Waals surface area contributed by atoms with Gasteiger partial charge in [0.05, 0.1) is 20.3 Å². The molecule has 1 N–H and O–H groups in total. The zero-order valence-electron chi connectivity index (χ0n) is 16.9. The van der Waals surface area contributed by atoms with E-state index in [9.17, 15) is 0 Å². The summed E-state index contributed by atoms with van der Waals surface area (Å²) in [5.74, 6) is 2.44. The van der Waals surface area contributed by atoms with E-state index in [0.29, 0.717) is 6.54 Å². The molecule has 0 saturated carbocycles. The lowest BCUT2D eigenvalue weighted by molar-refractivity contribution is 0.223. The number of nitrogens with one attached hydrogen (secondary N) is 1. The second kappa shape index (κ2) is 12.1. The summed E-state index contributed by atoms with van der Waals surface area (Å²) in [7, 11) is 1.65. The van der Waals surface area contributed by atoms with Gasteiger partial charge in [-0.05, 0) is 49.7 Å². The van der Waals surface area contributed by atoms with E-state index in [-0.39, 0.29) is 6.10 Å². The highest BCUT2D eigenvalue weighted by Crippen LogP contribution is 2.26. The summed E-state index contributed by atoms with van der Waals surface area (Å²) in [4.78, 5) is 0. The zero-order chi connectivity index (χ0) is 19.3. The largest absolute Gasteiger partial charge is 0.494 e. The van der Waals surface area contributed by atoms with E-state index in [1.165, 1.54) is 25.7 Å². The van der Waals surface area contributed by atoms with Crippen LogP contribution in [-0.2, 0) is 0 Å². The third-order valence-electron chi connectivity index (χ3n) is 4.36. The first kappa shape index (κ1) is 20.9. The lowest BCUT2D eigenvalue weighted by Crippen LogP contribution is -2.22. The second-order valence-electron chi connectivity index (χ2n) is 6.75. The van der Waals surface area contributed by atoms with E-state index >= 15 is 0 Å². The summed E-state index contributed by atoms with van der Waals surface area (Å²) < 4.78 is 17.1. The number of hydrogen-bond acceptors (Lipinski definition) is 4. The third kappa shape index (κ3) is 7.81. The number of rotatable bonds is 13. The Morgan fingerprint density at radius 2 is 1.59 bits per heavy atom. The van der Waals surface area contributed by atoms with Gasteiger partial charge >= 0.3 is 0 Å². The SMILES string of the molecule is CCCCCCCOc1ccc(NCC(C)Oc2ccccc2OC)cc1. The number of benzene rings is 2. The molecule has 0 aliphatic heterocycles. The molecule has 0 aliphatic carbocycles. The van der Waals surface area contributed by atoms with E-state index in [2.05, 4.69) is 12.2 Å². The number of anilines is 1. The molecule has 27 heavy (non-hydrogen) atoms. The second-order valence-corrected chi connectivity index (χ2v) is 6.75. The Morgan fingerprint density at radius 3 is 2.30 bits per heavy atom. The molecule has 1 unspecified atom stereocenters. The van der Waals surface area contributed by atoms with Gasteiger partial charge in [0.15, 0.2) is 11.5 Å². The van der Waals surface area contributed by atoms with Crippen LogP contribution in [-0.4, -0.2) is 26.4 Å². The number of hydrogen-bond donors (Lipinski definition) is 1. The monoisotopic (exact) mass is 371 g/mol. The normalized spacial score (nSPS) is 11.7. The molecule has 1 atom stereocenters. The molecule has 4 nitrogen and oxygen atoms in total. The molecule has 0 fully saturated rings. The highest BCUT2D eigenvalue weighted by atomic mass is 16.5. The fourth-order valence-corrected chi connectivity index (χ4v) is 2.80. The van der Waals surface area contributed by atoms with Crippen molar-refractivity contribution in [3.05, 3.63) is 48.5 Å². The summed E-state index contributed by atoms with van der Waals surface area (Å²) >= 11 is 0. The standard InChI is InChI=1S/C23H33NO3/c1-4-5-6-7-10-17-26-21-15-13-20(14-16-21)24-18-19(2)27-23-12-9-8-11-22(23)25-3/h8-9,11-16,19,24H,4-7,10,17-18H2,1-3H3. The first-order valence-corrected chi connectivity index (χ1v) is 9.99. The molecule has 0 spiro atoms. The predicted octanol–water partition coefficient (Wildman–Crippen LogP) is 5.92. The summed E-state index contributed by atoms with van der Waals surface area (Å²) in [6, 6.07) is 15.8. The maximum absolute atomic E-state index is 5.96. The minimum atomic E-state index is 0.0142. The van der Waals surface area contributed by atoms with Crippen LogP contribution in [0, 0.1) is 0 Å². The van der Waals surface area contributed by atoms with Crippen molar-refractivity contribution < 1.29 is 14.2 Å². The highest BCUT2D eigenvalue weighted by molar-refractivity contribution is 5.46. The Morgan fingerprint density at radius 1 is 0.889 bits per heavy atom. The lowest BCUT2D eigenvalue weighted by Gasteiger charge is -2.18. The maximum atomic E-state index is 5.96. The van der Waals surface area contributed by atoms with Crippen LogP contribution in [0.4, 0.5) is 5.69 Å². The van der Waals surface area contributed by atoms with Gasteiger partial charge in [0, 0.05) is 5.69 Å². The Bertz CT molecular complexity index is 642. The lowest BCUT2D eigenvalue weighted by atomic mass is 10.2. The van der Waals surface area contributed by atoms with Crippen molar-refractivity contribution in [1.82, 2.24) is 0 Å². The summed E-state index contributed by atoms with van der Waals surface area (Å²) in [5.41, 5.74) is 1.06. The van der Waals surface area contributed by atoms with Crippen molar-refractivity contribution in [2.75, 3.05) is 25.6 Å². The van der Waals surface area contributed by atoms with Gasteiger partial charge in [-0.1, -0.05) is 44.7 Å². The van der Waals surface area contributed by atoms with Crippen LogP contribution < -0.4 is 19.5 Å². The molecular formula is C23H33NO3. The van der Waals surface area contributed by atoms with Crippen LogP contribution in [0.5, 0.6) is 17.2 Å². The molecule has 0 radical (unpaired) electrons. The highest BCUT2D eigenvalue weighted by Gasteiger charge is 2.08. The van der Waals surface area contributed by atoms with Gasteiger partial charge in [-0.15, -0.1) is 0 Å². The predicted molar refractivity (Wildman–Crippen MR) is 112 cm³/mol. The summed E-state index contributed by atoms with van der Waals surface area (Å²) in [6.07, 6.45) is 6.28. The van der Waals surface area contributed by atoms with Gasteiger partial charge in [-0.25, -0.2) is 0 Å².